The van der Waals surface area contributed by atoms with Gasteiger partial charge in [0, 0.05) is 17.7 Å². The Morgan fingerprint density at radius 2 is 1.95 bits per heavy atom. The minimum atomic E-state index is -0.0844. The zero-order valence-electron chi connectivity index (χ0n) is 10.8. The molecule has 96 valence electrons. The molecule has 0 atom stereocenters. The predicted molar refractivity (Wildman–Crippen MR) is 74.8 cm³/mol. The fraction of sp³-hybridized carbons (Fsp3) is 0.188. The SMILES string of the molecule is Cc1ccc(C(=O)Nc2ccc3c(c2)CCO3)cc1. The summed E-state index contributed by atoms with van der Waals surface area (Å²) in [6.07, 6.45) is 0.906. The second-order valence-electron chi connectivity index (χ2n) is 4.74. The van der Waals surface area contributed by atoms with E-state index in [-0.39, 0.29) is 5.91 Å². The van der Waals surface area contributed by atoms with Crippen LogP contribution in [-0.2, 0) is 6.42 Å². The maximum Gasteiger partial charge on any atom is 0.255 e. The van der Waals surface area contributed by atoms with Crippen molar-refractivity contribution >= 4 is 11.6 Å². The van der Waals surface area contributed by atoms with Gasteiger partial charge in [0.05, 0.1) is 6.61 Å². The number of benzene rings is 2. The van der Waals surface area contributed by atoms with Crippen molar-refractivity contribution in [2.45, 2.75) is 13.3 Å². The van der Waals surface area contributed by atoms with E-state index in [1.165, 1.54) is 0 Å². The van der Waals surface area contributed by atoms with E-state index in [1.54, 1.807) is 0 Å². The van der Waals surface area contributed by atoms with Crippen molar-refractivity contribution in [1.29, 1.82) is 0 Å². The molecule has 1 N–H and O–H groups in total. The Morgan fingerprint density at radius 1 is 1.16 bits per heavy atom. The highest BCUT2D eigenvalue weighted by atomic mass is 16.5. The number of aryl methyl sites for hydroxylation is 1. The Bertz CT molecular complexity index is 617. The van der Waals surface area contributed by atoms with Crippen LogP contribution in [0.3, 0.4) is 0 Å². The second-order valence-corrected chi connectivity index (χ2v) is 4.74. The molecule has 3 heteroatoms. The van der Waals surface area contributed by atoms with Crippen LogP contribution in [0.2, 0.25) is 0 Å². The van der Waals surface area contributed by atoms with E-state index < -0.39 is 0 Å². The van der Waals surface area contributed by atoms with Crippen molar-refractivity contribution < 1.29 is 9.53 Å². The first-order chi connectivity index (χ1) is 9.22. The monoisotopic (exact) mass is 253 g/mol. The lowest BCUT2D eigenvalue weighted by Crippen LogP contribution is -2.11. The lowest BCUT2D eigenvalue weighted by molar-refractivity contribution is 0.102. The number of amides is 1. The predicted octanol–water partition coefficient (Wildman–Crippen LogP) is 3.18. The summed E-state index contributed by atoms with van der Waals surface area (Å²) in [7, 11) is 0. The standard InChI is InChI=1S/C16H15NO2/c1-11-2-4-12(5-3-11)16(18)17-14-6-7-15-13(10-14)8-9-19-15/h2-7,10H,8-9H2,1H3,(H,17,18). The molecule has 0 aromatic heterocycles. The van der Waals surface area contributed by atoms with Crippen molar-refractivity contribution in [2.24, 2.45) is 0 Å². The number of rotatable bonds is 2. The van der Waals surface area contributed by atoms with Crippen molar-refractivity contribution in [1.82, 2.24) is 0 Å². The zero-order valence-corrected chi connectivity index (χ0v) is 10.8. The molecular weight excluding hydrogens is 238 g/mol. The van der Waals surface area contributed by atoms with E-state index in [9.17, 15) is 4.79 Å². The van der Waals surface area contributed by atoms with Crippen molar-refractivity contribution in [2.75, 3.05) is 11.9 Å². The minimum Gasteiger partial charge on any atom is -0.493 e. The third-order valence-electron chi connectivity index (χ3n) is 3.26. The Labute approximate surface area is 112 Å². The highest BCUT2D eigenvalue weighted by Gasteiger charge is 2.13. The van der Waals surface area contributed by atoms with Gasteiger partial charge in [0.15, 0.2) is 0 Å². The Hall–Kier alpha value is -2.29. The van der Waals surface area contributed by atoms with Crippen LogP contribution in [-0.4, -0.2) is 12.5 Å². The summed E-state index contributed by atoms with van der Waals surface area (Å²) in [5.41, 5.74) is 3.78. The molecule has 0 spiro atoms. The van der Waals surface area contributed by atoms with Crippen LogP contribution in [0.4, 0.5) is 5.69 Å². The molecule has 3 rings (SSSR count). The number of hydrogen-bond donors (Lipinski definition) is 1. The van der Waals surface area contributed by atoms with Crippen LogP contribution < -0.4 is 10.1 Å². The van der Waals surface area contributed by atoms with Gasteiger partial charge in [-0.2, -0.15) is 0 Å². The third-order valence-corrected chi connectivity index (χ3v) is 3.26. The van der Waals surface area contributed by atoms with Crippen LogP contribution in [0.25, 0.3) is 0 Å². The van der Waals surface area contributed by atoms with Gasteiger partial charge in [-0.15, -0.1) is 0 Å². The molecule has 0 unspecified atom stereocenters. The molecule has 3 nitrogen and oxygen atoms in total. The van der Waals surface area contributed by atoms with Crippen LogP contribution in [0, 0.1) is 6.92 Å². The minimum absolute atomic E-state index is 0.0844. The van der Waals surface area contributed by atoms with Gasteiger partial charge in [0.2, 0.25) is 0 Å². The lowest BCUT2D eigenvalue weighted by atomic mass is 10.1. The van der Waals surface area contributed by atoms with Gasteiger partial charge in [-0.3, -0.25) is 4.79 Å². The number of carbonyl (C=O) groups excluding carboxylic acids is 1. The summed E-state index contributed by atoms with van der Waals surface area (Å²) in [5.74, 6) is 0.840. The highest BCUT2D eigenvalue weighted by molar-refractivity contribution is 6.04. The van der Waals surface area contributed by atoms with Gasteiger partial charge in [0.25, 0.3) is 5.91 Å². The Balaban J connectivity index is 1.77. The summed E-state index contributed by atoms with van der Waals surface area (Å²) in [4.78, 5) is 12.1. The number of ether oxygens (including phenoxy) is 1. The van der Waals surface area contributed by atoms with Crippen molar-refractivity contribution in [3.8, 4) is 5.75 Å². The number of carbonyl (C=O) groups is 1. The van der Waals surface area contributed by atoms with Gasteiger partial charge in [-0.05, 0) is 42.8 Å². The molecule has 0 fully saturated rings. The molecule has 19 heavy (non-hydrogen) atoms. The van der Waals surface area contributed by atoms with E-state index in [2.05, 4.69) is 5.32 Å². The summed E-state index contributed by atoms with van der Waals surface area (Å²) in [6, 6.07) is 13.3. The molecule has 0 aliphatic carbocycles. The van der Waals surface area contributed by atoms with E-state index in [4.69, 9.17) is 4.74 Å². The first kappa shape index (κ1) is 11.8. The van der Waals surface area contributed by atoms with Crippen LogP contribution in [0.1, 0.15) is 21.5 Å². The van der Waals surface area contributed by atoms with Crippen LogP contribution in [0.5, 0.6) is 5.75 Å². The Kier molecular flexibility index (Phi) is 2.95. The molecule has 0 saturated carbocycles. The maximum atomic E-state index is 12.1. The molecule has 0 saturated heterocycles. The summed E-state index contributed by atoms with van der Waals surface area (Å²) >= 11 is 0. The van der Waals surface area contributed by atoms with Crippen molar-refractivity contribution in [3.63, 3.8) is 0 Å². The largest absolute Gasteiger partial charge is 0.493 e. The summed E-state index contributed by atoms with van der Waals surface area (Å²) in [6.45, 7) is 2.73. The molecule has 1 aliphatic rings. The first-order valence-corrected chi connectivity index (χ1v) is 6.36. The third kappa shape index (κ3) is 2.45. The van der Waals surface area contributed by atoms with Gasteiger partial charge >= 0.3 is 0 Å². The van der Waals surface area contributed by atoms with E-state index in [1.807, 2.05) is 49.4 Å². The molecular formula is C16H15NO2. The Morgan fingerprint density at radius 3 is 2.74 bits per heavy atom. The molecule has 1 aliphatic heterocycles. The first-order valence-electron chi connectivity index (χ1n) is 6.36. The van der Waals surface area contributed by atoms with E-state index >= 15 is 0 Å². The number of hydrogen-bond acceptors (Lipinski definition) is 2. The number of anilines is 1. The van der Waals surface area contributed by atoms with Gasteiger partial charge in [-0.25, -0.2) is 0 Å². The fourth-order valence-electron chi connectivity index (χ4n) is 2.17. The quantitative estimate of drug-likeness (QED) is 0.892. The molecule has 0 bridgehead atoms. The molecule has 1 amide bonds. The number of fused-ring (bicyclic) bond motifs is 1. The molecule has 2 aromatic rings. The van der Waals surface area contributed by atoms with Crippen LogP contribution >= 0.6 is 0 Å². The molecule has 2 aromatic carbocycles. The molecule has 0 radical (unpaired) electrons. The highest BCUT2D eigenvalue weighted by Crippen LogP contribution is 2.28. The van der Waals surface area contributed by atoms with Gasteiger partial charge < -0.3 is 10.1 Å². The average Bonchev–Trinajstić information content (AvgIpc) is 2.87. The summed E-state index contributed by atoms with van der Waals surface area (Å²) in [5, 5.41) is 2.91. The lowest BCUT2D eigenvalue weighted by Gasteiger charge is -2.07. The van der Waals surface area contributed by atoms with Gasteiger partial charge in [-0.1, -0.05) is 17.7 Å². The van der Waals surface area contributed by atoms with E-state index in [0.29, 0.717) is 5.56 Å². The molecule has 1 heterocycles. The topological polar surface area (TPSA) is 38.3 Å². The maximum absolute atomic E-state index is 12.1. The average molecular weight is 253 g/mol. The second kappa shape index (κ2) is 4.76. The fourth-order valence-corrected chi connectivity index (χ4v) is 2.17. The van der Waals surface area contributed by atoms with Gasteiger partial charge in [0.1, 0.15) is 5.75 Å². The zero-order chi connectivity index (χ0) is 13.2. The smallest absolute Gasteiger partial charge is 0.255 e. The van der Waals surface area contributed by atoms with E-state index in [0.717, 1.165) is 35.6 Å². The summed E-state index contributed by atoms with van der Waals surface area (Å²) < 4.78 is 5.44. The van der Waals surface area contributed by atoms with Crippen molar-refractivity contribution in [3.05, 3.63) is 59.2 Å². The number of nitrogens with one attached hydrogen (secondary N) is 1. The van der Waals surface area contributed by atoms with Crippen LogP contribution in [0.15, 0.2) is 42.5 Å². The normalized spacial score (nSPS) is 12.7.